The lowest BCUT2D eigenvalue weighted by atomic mass is 10.2. The third-order valence-corrected chi connectivity index (χ3v) is 5.62. The average molecular weight is 407 g/mol. The van der Waals surface area contributed by atoms with Crippen LogP contribution in [0.3, 0.4) is 0 Å². The number of piperazine rings is 1. The summed E-state index contributed by atoms with van der Waals surface area (Å²) in [6, 6.07) is 14.3. The summed E-state index contributed by atoms with van der Waals surface area (Å²) in [5.74, 6) is 2.22. The van der Waals surface area contributed by atoms with Crippen LogP contribution in [0, 0.1) is 0 Å². The van der Waals surface area contributed by atoms with Crippen molar-refractivity contribution in [2.24, 2.45) is 4.99 Å². The molecule has 2 aliphatic heterocycles. The number of guanidine groups is 1. The number of rotatable bonds is 5. The van der Waals surface area contributed by atoms with Gasteiger partial charge >= 0.3 is 0 Å². The van der Waals surface area contributed by atoms with Gasteiger partial charge in [0.15, 0.2) is 5.96 Å². The number of nitrogens with zero attached hydrogens (tertiary/aromatic N) is 5. The molecule has 0 aliphatic carbocycles. The fourth-order valence-electron chi connectivity index (χ4n) is 3.98. The molecule has 1 amide bonds. The summed E-state index contributed by atoms with van der Waals surface area (Å²) in [5, 5.41) is 3.43. The Balaban J connectivity index is 1.36. The van der Waals surface area contributed by atoms with E-state index in [0.717, 1.165) is 68.7 Å². The Labute approximate surface area is 178 Å². The molecule has 1 N–H and O–H groups in total. The summed E-state index contributed by atoms with van der Waals surface area (Å²) in [6.45, 7) is 8.08. The van der Waals surface area contributed by atoms with Crippen molar-refractivity contribution in [1.82, 2.24) is 15.2 Å². The first-order valence-corrected chi connectivity index (χ1v) is 10.8. The van der Waals surface area contributed by atoms with Crippen LogP contribution in [0.1, 0.15) is 25.3 Å². The van der Waals surface area contributed by atoms with E-state index in [1.54, 1.807) is 0 Å². The monoisotopic (exact) mass is 406 g/mol. The van der Waals surface area contributed by atoms with Gasteiger partial charge in [0.1, 0.15) is 5.82 Å². The lowest BCUT2D eigenvalue weighted by Crippen LogP contribution is -2.52. The molecule has 0 unspecified atom stereocenters. The van der Waals surface area contributed by atoms with Gasteiger partial charge in [-0.25, -0.2) is 9.98 Å². The second kappa shape index (κ2) is 9.61. The quantitative estimate of drug-likeness (QED) is 0.611. The van der Waals surface area contributed by atoms with E-state index in [-0.39, 0.29) is 5.91 Å². The first-order chi connectivity index (χ1) is 14.7. The Bertz CT molecular complexity index is 859. The summed E-state index contributed by atoms with van der Waals surface area (Å²) in [7, 11) is 0. The van der Waals surface area contributed by atoms with Crippen LogP contribution in [0.2, 0.25) is 0 Å². The minimum absolute atomic E-state index is 0.222. The van der Waals surface area contributed by atoms with Crippen LogP contribution < -0.4 is 15.1 Å². The third-order valence-electron chi connectivity index (χ3n) is 5.62. The molecule has 3 heterocycles. The first kappa shape index (κ1) is 20.2. The molecule has 2 aromatic rings. The van der Waals surface area contributed by atoms with E-state index in [1.165, 1.54) is 0 Å². The zero-order chi connectivity index (χ0) is 20.8. The lowest BCUT2D eigenvalue weighted by molar-refractivity contribution is -0.117. The van der Waals surface area contributed by atoms with E-state index in [4.69, 9.17) is 4.99 Å². The zero-order valence-corrected chi connectivity index (χ0v) is 17.6. The molecule has 0 bridgehead atoms. The number of pyridine rings is 1. The Kier molecular flexibility index (Phi) is 6.47. The van der Waals surface area contributed by atoms with Crippen LogP contribution in [0.5, 0.6) is 0 Å². The van der Waals surface area contributed by atoms with Crippen molar-refractivity contribution in [1.29, 1.82) is 0 Å². The average Bonchev–Trinajstić information content (AvgIpc) is 3.23. The van der Waals surface area contributed by atoms with Crippen molar-refractivity contribution in [3.8, 4) is 0 Å². The van der Waals surface area contributed by atoms with E-state index < -0.39 is 0 Å². The molecule has 0 radical (unpaired) electrons. The molecule has 0 spiro atoms. The topological polar surface area (TPSA) is 64.1 Å². The van der Waals surface area contributed by atoms with Gasteiger partial charge in [-0.05, 0) is 43.2 Å². The van der Waals surface area contributed by atoms with Crippen LogP contribution >= 0.6 is 0 Å². The van der Waals surface area contributed by atoms with Gasteiger partial charge in [0.2, 0.25) is 5.91 Å². The van der Waals surface area contributed by atoms with Crippen LogP contribution in [0.25, 0.3) is 0 Å². The molecule has 2 aliphatic rings. The highest BCUT2D eigenvalue weighted by molar-refractivity contribution is 5.95. The third kappa shape index (κ3) is 4.72. The predicted molar refractivity (Wildman–Crippen MR) is 121 cm³/mol. The predicted octanol–water partition coefficient (Wildman–Crippen LogP) is 2.50. The minimum atomic E-state index is 0.222. The summed E-state index contributed by atoms with van der Waals surface area (Å²) in [6.07, 6.45) is 3.45. The number of carbonyl (C=O) groups is 1. The van der Waals surface area contributed by atoms with Gasteiger partial charge in [-0.1, -0.05) is 18.2 Å². The van der Waals surface area contributed by atoms with Crippen molar-refractivity contribution in [2.75, 3.05) is 49.1 Å². The Morgan fingerprint density at radius 1 is 1.07 bits per heavy atom. The van der Waals surface area contributed by atoms with Crippen molar-refractivity contribution < 1.29 is 4.79 Å². The number of hydrogen-bond acceptors (Lipinski definition) is 4. The number of aliphatic imine (C=N–C) groups is 1. The van der Waals surface area contributed by atoms with Gasteiger partial charge in [-0.3, -0.25) is 4.79 Å². The molecule has 4 rings (SSSR count). The van der Waals surface area contributed by atoms with E-state index in [1.807, 2.05) is 35.4 Å². The smallest absolute Gasteiger partial charge is 0.227 e. The number of nitrogens with one attached hydrogen (secondary N) is 1. The summed E-state index contributed by atoms with van der Waals surface area (Å²) >= 11 is 0. The highest BCUT2D eigenvalue weighted by Gasteiger charge is 2.22. The van der Waals surface area contributed by atoms with E-state index in [0.29, 0.717) is 13.0 Å². The highest BCUT2D eigenvalue weighted by atomic mass is 16.2. The molecule has 0 atom stereocenters. The number of carbonyl (C=O) groups excluding carboxylic acids is 1. The molecule has 1 aromatic carbocycles. The van der Waals surface area contributed by atoms with Gasteiger partial charge in [0.05, 0.1) is 6.54 Å². The van der Waals surface area contributed by atoms with Crippen molar-refractivity contribution in [3.63, 3.8) is 0 Å². The van der Waals surface area contributed by atoms with Crippen LogP contribution in [-0.2, 0) is 11.3 Å². The molecule has 7 heteroatoms. The van der Waals surface area contributed by atoms with Gasteiger partial charge in [0.25, 0.3) is 0 Å². The van der Waals surface area contributed by atoms with Crippen molar-refractivity contribution >= 4 is 23.4 Å². The Morgan fingerprint density at radius 3 is 2.50 bits per heavy atom. The van der Waals surface area contributed by atoms with E-state index in [2.05, 4.69) is 45.2 Å². The number of amides is 1. The van der Waals surface area contributed by atoms with E-state index >= 15 is 0 Å². The molecular weight excluding hydrogens is 376 g/mol. The molecule has 158 valence electrons. The van der Waals surface area contributed by atoms with Gasteiger partial charge in [-0.2, -0.15) is 0 Å². The minimum Gasteiger partial charge on any atom is -0.357 e. The Morgan fingerprint density at radius 2 is 1.87 bits per heavy atom. The summed E-state index contributed by atoms with van der Waals surface area (Å²) < 4.78 is 0. The fourth-order valence-corrected chi connectivity index (χ4v) is 3.98. The lowest BCUT2D eigenvalue weighted by Gasteiger charge is -2.37. The maximum atomic E-state index is 11.9. The van der Waals surface area contributed by atoms with Crippen molar-refractivity contribution in [2.45, 2.75) is 26.3 Å². The molecule has 1 aromatic heterocycles. The van der Waals surface area contributed by atoms with Crippen LogP contribution in [0.4, 0.5) is 11.5 Å². The summed E-state index contributed by atoms with van der Waals surface area (Å²) in [4.78, 5) is 27.8. The fraction of sp³-hybridized carbons (Fsp3) is 0.435. The maximum Gasteiger partial charge on any atom is 0.227 e. The number of aromatic nitrogens is 1. The van der Waals surface area contributed by atoms with Gasteiger partial charge < -0.3 is 20.0 Å². The highest BCUT2D eigenvalue weighted by Crippen LogP contribution is 2.22. The second-order valence-electron chi connectivity index (χ2n) is 7.65. The molecule has 0 saturated carbocycles. The molecule has 2 saturated heterocycles. The summed E-state index contributed by atoms with van der Waals surface area (Å²) in [5.41, 5.74) is 2.13. The van der Waals surface area contributed by atoms with Crippen LogP contribution in [-0.4, -0.2) is 61.0 Å². The number of benzene rings is 1. The molecule has 2 fully saturated rings. The van der Waals surface area contributed by atoms with Gasteiger partial charge in [0, 0.05) is 57.6 Å². The number of anilines is 2. The van der Waals surface area contributed by atoms with Crippen LogP contribution in [0.15, 0.2) is 53.7 Å². The number of hydrogen-bond donors (Lipinski definition) is 1. The zero-order valence-electron chi connectivity index (χ0n) is 17.6. The first-order valence-electron chi connectivity index (χ1n) is 10.8. The molecule has 30 heavy (non-hydrogen) atoms. The largest absolute Gasteiger partial charge is 0.357 e. The second-order valence-corrected chi connectivity index (χ2v) is 7.65. The molecular formula is C23H30N6O. The molecule has 7 nitrogen and oxygen atoms in total. The SMILES string of the molecule is CCNC(=NCc1ccc(N2CCCC2=O)cc1)N1CCN(c2ccccn2)CC1. The standard InChI is InChI=1S/C23H30N6O/c1-2-24-23(28-16-14-27(15-17-28)21-6-3-4-12-25-21)26-18-19-8-10-20(11-9-19)29-13-5-7-22(29)30/h3-4,6,8-12H,2,5,7,13-18H2,1H3,(H,24,26). The van der Waals surface area contributed by atoms with Crippen molar-refractivity contribution in [3.05, 3.63) is 54.2 Å². The Hall–Kier alpha value is -3.09. The van der Waals surface area contributed by atoms with Gasteiger partial charge in [-0.15, -0.1) is 0 Å². The maximum absolute atomic E-state index is 11.9. The normalized spacial score (nSPS) is 17.6. The van der Waals surface area contributed by atoms with E-state index in [9.17, 15) is 4.79 Å².